The molecule has 1 aromatic rings. The minimum Gasteiger partial charge on any atom is -0.468 e. The summed E-state index contributed by atoms with van der Waals surface area (Å²) >= 11 is 1.74. The van der Waals surface area contributed by atoms with Crippen molar-refractivity contribution in [3.8, 4) is 0 Å². The Labute approximate surface area is 112 Å². The molecule has 4 nitrogen and oxygen atoms in total. The number of methoxy groups -OCH3 is 1. The summed E-state index contributed by atoms with van der Waals surface area (Å²) < 4.78 is 4.82. The molecule has 1 atom stereocenters. The highest BCUT2D eigenvalue weighted by molar-refractivity contribution is 7.99. The molecule has 0 saturated heterocycles. The number of hydrogen-bond acceptors (Lipinski definition) is 5. The van der Waals surface area contributed by atoms with Crippen molar-refractivity contribution in [1.29, 1.82) is 0 Å². The summed E-state index contributed by atoms with van der Waals surface area (Å²) in [5, 5.41) is 3.33. The molecule has 0 bridgehead atoms. The van der Waals surface area contributed by atoms with E-state index < -0.39 is 0 Å². The fourth-order valence-corrected chi connectivity index (χ4v) is 2.58. The van der Waals surface area contributed by atoms with E-state index in [0.717, 1.165) is 12.2 Å². The van der Waals surface area contributed by atoms with Gasteiger partial charge in [0.15, 0.2) is 0 Å². The van der Waals surface area contributed by atoms with Gasteiger partial charge in [-0.25, -0.2) is 0 Å². The average Bonchev–Trinajstić information content (AvgIpc) is 3.22. The number of nitrogens with zero attached hydrogens (tertiary/aromatic N) is 1. The predicted octanol–water partition coefficient (Wildman–Crippen LogP) is 1.86. The van der Waals surface area contributed by atoms with Crippen LogP contribution < -0.4 is 5.32 Å². The van der Waals surface area contributed by atoms with Gasteiger partial charge in [-0.2, -0.15) is 0 Å². The fourth-order valence-electron chi connectivity index (χ4n) is 1.68. The SMILES string of the molecule is COC(=O)C(CCSc1ccncc1)NC1CC1. The standard InChI is InChI=1S/C13H18N2O2S/c1-17-13(16)12(15-10-2-3-10)6-9-18-11-4-7-14-8-5-11/h4-5,7-8,10,12,15H,2-3,6,9H2,1H3. The molecule has 0 spiro atoms. The normalized spacial score (nSPS) is 16.3. The van der Waals surface area contributed by atoms with Crippen LogP contribution in [0.3, 0.4) is 0 Å². The van der Waals surface area contributed by atoms with Gasteiger partial charge in [-0.15, -0.1) is 11.8 Å². The Morgan fingerprint density at radius 1 is 1.56 bits per heavy atom. The quantitative estimate of drug-likeness (QED) is 0.603. The number of ether oxygens (including phenoxy) is 1. The summed E-state index contributed by atoms with van der Waals surface area (Å²) in [6.07, 6.45) is 6.69. The minimum atomic E-state index is -0.170. The first-order valence-electron chi connectivity index (χ1n) is 6.16. The van der Waals surface area contributed by atoms with E-state index in [1.165, 1.54) is 24.8 Å². The van der Waals surface area contributed by atoms with Gasteiger partial charge in [0.2, 0.25) is 0 Å². The monoisotopic (exact) mass is 266 g/mol. The van der Waals surface area contributed by atoms with Gasteiger partial charge in [-0.1, -0.05) is 0 Å². The number of carbonyl (C=O) groups excluding carboxylic acids is 1. The summed E-state index contributed by atoms with van der Waals surface area (Å²) in [4.78, 5) is 16.8. The predicted molar refractivity (Wildman–Crippen MR) is 71.5 cm³/mol. The van der Waals surface area contributed by atoms with Crippen molar-refractivity contribution in [1.82, 2.24) is 10.3 Å². The summed E-state index contributed by atoms with van der Waals surface area (Å²) in [7, 11) is 1.44. The van der Waals surface area contributed by atoms with E-state index in [1.807, 2.05) is 12.1 Å². The molecule has 1 aliphatic carbocycles. The Morgan fingerprint density at radius 2 is 2.28 bits per heavy atom. The molecule has 1 aromatic heterocycles. The second kappa shape index (κ2) is 6.75. The van der Waals surface area contributed by atoms with Crippen molar-refractivity contribution in [2.45, 2.75) is 36.2 Å². The molecule has 98 valence electrons. The molecule has 0 aliphatic heterocycles. The molecule has 5 heteroatoms. The van der Waals surface area contributed by atoms with E-state index in [-0.39, 0.29) is 12.0 Å². The zero-order chi connectivity index (χ0) is 12.8. The van der Waals surface area contributed by atoms with Gasteiger partial charge in [0, 0.05) is 29.1 Å². The van der Waals surface area contributed by atoms with Gasteiger partial charge in [0.25, 0.3) is 0 Å². The Balaban J connectivity index is 1.76. The molecule has 18 heavy (non-hydrogen) atoms. The van der Waals surface area contributed by atoms with Crippen LogP contribution in [0.4, 0.5) is 0 Å². The second-order valence-electron chi connectivity index (χ2n) is 4.34. The Morgan fingerprint density at radius 3 is 2.89 bits per heavy atom. The van der Waals surface area contributed by atoms with E-state index >= 15 is 0 Å². The molecule has 2 rings (SSSR count). The third-order valence-electron chi connectivity index (χ3n) is 2.82. The van der Waals surface area contributed by atoms with Crippen molar-refractivity contribution < 1.29 is 9.53 Å². The number of aromatic nitrogens is 1. The van der Waals surface area contributed by atoms with E-state index in [4.69, 9.17) is 4.74 Å². The van der Waals surface area contributed by atoms with E-state index in [0.29, 0.717) is 6.04 Å². The van der Waals surface area contributed by atoms with Gasteiger partial charge in [0.05, 0.1) is 7.11 Å². The molecule has 0 amide bonds. The van der Waals surface area contributed by atoms with Crippen LogP contribution in [0.2, 0.25) is 0 Å². The number of esters is 1. The minimum absolute atomic E-state index is 0.155. The van der Waals surface area contributed by atoms with E-state index in [9.17, 15) is 4.79 Å². The van der Waals surface area contributed by atoms with Crippen LogP contribution in [0.5, 0.6) is 0 Å². The first-order chi connectivity index (χ1) is 8.79. The van der Waals surface area contributed by atoms with Crippen molar-refractivity contribution in [2.75, 3.05) is 12.9 Å². The highest BCUT2D eigenvalue weighted by Gasteiger charge is 2.28. The van der Waals surface area contributed by atoms with Crippen LogP contribution >= 0.6 is 11.8 Å². The van der Waals surface area contributed by atoms with Gasteiger partial charge in [-0.3, -0.25) is 9.78 Å². The summed E-state index contributed by atoms with van der Waals surface area (Å²) in [6, 6.07) is 4.30. The molecule has 0 radical (unpaired) electrons. The number of rotatable bonds is 7. The third kappa shape index (κ3) is 4.31. The zero-order valence-corrected chi connectivity index (χ0v) is 11.3. The van der Waals surface area contributed by atoms with Crippen molar-refractivity contribution in [3.05, 3.63) is 24.5 Å². The summed E-state index contributed by atoms with van der Waals surface area (Å²) in [5.41, 5.74) is 0. The lowest BCUT2D eigenvalue weighted by atomic mass is 10.2. The zero-order valence-electron chi connectivity index (χ0n) is 10.5. The molecule has 0 aromatic carbocycles. The smallest absolute Gasteiger partial charge is 0.322 e. The summed E-state index contributed by atoms with van der Waals surface area (Å²) in [5.74, 6) is 0.737. The molecule has 1 aliphatic rings. The number of hydrogen-bond donors (Lipinski definition) is 1. The first kappa shape index (κ1) is 13.4. The highest BCUT2D eigenvalue weighted by atomic mass is 32.2. The topological polar surface area (TPSA) is 51.2 Å². The molecule has 1 saturated carbocycles. The second-order valence-corrected chi connectivity index (χ2v) is 5.51. The van der Waals surface area contributed by atoms with E-state index in [2.05, 4.69) is 10.3 Å². The Bertz CT molecular complexity index is 382. The first-order valence-corrected chi connectivity index (χ1v) is 7.15. The number of pyridine rings is 1. The van der Waals surface area contributed by atoms with Crippen molar-refractivity contribution >= 4 is 17.7 Å². The highest BCUT2D eigenvalue weighted by Crippen LogP contribution is 2.22. The van der Waals surface area contributed by atoms with Gasteiger partial charge in [-0.05, 0) is 31.4 Å². The van der Waals surface area contributed by atoms with E-state index in [1.54, 1.807) is 24.2 Å². The fraction of sp³-hybridized carbons (Fsp3) is 0.538. The largest absolute Gasteiger partial charge is 0.468 e. The number of nitrogens with one attached hydrogen (secondary N) is 1. The van der Waals surface area contributed by atoms with Gasteiger partial charge >= 0.3 is 5.97 Å². The molecule has 1 heterocycles. The summed E-state index contributed by atoms with van der Waals surface area (Å²) in [6.45, 7) is 0. The van der Waals surface area contributed by atoms with Crippen LogP contribution in [-0.4, -0.2) is 35.9 Å². The molecule has 1 unspecified atom stereocenters. The molecular formula is C13H18N2O2S. The lowest BCUT2D eigenvalue weighted by molar-refractivity contribution is -0.143. The maximum Gasteiger partial charge on any atom is 0.322 e. The van der Waals surface area contributed by atoms with Crippen LogP contribution in [0.25, 0.3) is 0 Å². The lowest BCUT2D eigenvalue weighted by Crippen LogP contribution is -2.39. The molecule has 1 fully saturated rings. The van der Waals surface area contributed by atoms with Gasteiger partial charge < -0.3 is 10.1 Å². The third-order valence-corrected chi connectivity index (χ3v) is 3.87. The maximum atomic E-state index is 11.6. The molecule has 1 N–H and O–H groups in total. The van der Waals surface area contributed by atoms with Crippen molar-refractivity contribution in [2.24, 2.45) is 0 Å². The van der Waals surface area contributed by atoms with Crippen LogP contribution in [0, 0.1) is 0 Å². The van der Waals surface area contributed by atoms with Crippen LogP contribution in [-0.2, 0) is 9.53 Å². The van der Waals surface area contributed by atoms with Crippen molar-refractivity contribution in [3.63, 3.8) is 0 Å². The maximum absolute atomic E-state index is 11.6. The van der Waals surface area contributed by atoms with Crippen LogP contribution in [0.1, 0.15) is 19.3 Å². The lowest BCUT2D eigenvalue weighted by Gasteiger charge is -2.15. The average molecular weight is 266 g/mol. The number of carbonyl (C=O) groups is 1. The number of thioether (sulfide) groups is 1. The van der Waals surface area contributed by atoms with Crippen LogP contribution in [0.15, 0.2) is 29.4 Å². The Kier molecular flexibility index (Phi) is 5.01. The van der Waals surface area contributed by atoms with Gasteiger partial charge in [0.1, 0.15) is 6.04 Å². The molecular weight excluding hydrogens is 248 g/mol. The Hall–Kier alpha value is -1.07.